The van der Waals surface area contributed by atoms with Crippen LogP contribution in [0, 0.1) is 0 Å². The lowest BCUT2D eigenvalue weighted by molar-refractivity contribution is -0.462. The van der Waals surface area contributed by atoms with Gasteiger partial charge in [-0.05, 0) is 119 Å². The van der Waals surface area contributed by atoms with Crippen molar-refractivity contribution in [2.75, 3.05) is 57.2 Å². The number of hydrogen-bond acceptors (Lipinski definition) is 16. The minimum Gasteiger partial charge on any atom is -0.481 e. The molecule has 3 aromatic carbocycles. The number of unbranched alkanes of at least 4 members (excludes halogenated alkanes) is 1. The number of amides is 5. The Balaban J connectivity index is 0.963. The molecule has 0 saturated carbocycles. The number of allylic oxidation sites excluding steroid dienone is 5. The Morgan fingerprint density at radius 2 is 1.48 bits per heavy atom. The molecule has 5 aromatic rings. The average Bonchev–Trinajstić information content (AvgIpc) is 0.974. The number of aromatic carboxylic acids is 1. The average molecular weight is 1200 g/mol. The number of nitrogens with zero attached hydrogens (tertiary/aromatic N) is 5. The fourth-order valence-corrected chi connectivity index (χ4v) is 12.8. The maximum atomic E-state index is 13.9. The highest BCUT2D eigenvalue weighted by atomic mass is 28.3. The third-order valence-corrected chi connectivity index (χ3v) is 17.9. The number of H-pyrrole nitrogens is 1. The molecule has 27 nitrogen and oxygen atoms in total. The first kappa shape index (κ1) is 63.2. The summed E-state index contributed by atoms with van der Waals surface area (Å²) in [6.07, 6.45) is 5.61. The van der Waals surface area contributed by atoms with E-state index in [1.54, 1.807) is 6.07 Å². The summed E-state index contributed by atoms with van der Waals surface area (Å²) < 4.78 is 2.01. The summed E-state index contributed by atoms with van der Waals surface area (Å²) in [5, 5.41) is 56.6. The molecule has 13 N–H and O–H groups in total. The van der Waals surface area contributed by atoms with Crippen LogP contribution < -0.4 is 53.3 Å². The lowest BCUT2D eigenvalue weighted by Crippen LogP contribution is -2.54. The first-order valence-corrected chi connectivity index (χ1v) is 30.1. The van der Waals surface area contributed by atoms with Crippen molar-refractivity contribution < 1.29 is 68.2 Å². The van der Waals surface area contributed by atoms with Crippen LogP contribution in [0.5, 0.6) is 0 Å². The molecule has 3 atom stereocenters. The van der Waals surface area contributed by atoms with E-state index in [0.29, 0.717) is 22.5 Å². The van der Waals surface area contributed by atoms with E-state index in [4.69, 9.17) is 5.73 Å². The van der Waals surface area contributed by atoms with Crippen LogP contribution in [0.4, 0.5) is 17.3 Å². The molecule has 2 aliphatic rings. The van der Waals surface area contributed by atoms with Gasteiger partial charge in [-0.2, -0.15) is 4.98 Å². The van der Waals surface area contributed by atoms with Gasteiger partial charge in [-0.1, -0.05) is 19.2 Å². The lowest BCUT2D eigenvalue weighted by Gasteiger charge is -2.38. The number of aromatic nitrogens is 4. The highest BCUT2D eigenvalue weighted by Crippen LogP contribution is 2.43. The molecular formula is C58H66N13O14Si+. The standard InChI is InChI=1S/C58H65N13O14Si/c1-70(2)34-15-18-37-43(24-34)86(5,6)44-25-35(71(3)4)16-19-38(44)48(37)39-23-31(12-17-36(39)56(82)83)51(77)60-22-8-7-9-40(53(79)63-29-47(75)76)66-54(80)42(26-46(73)74)65-45(72)21-20-41(57(84)85)67-52(78)30-10-13-32(14-11-30)61-27-33-28-62-50-49(64-33)55(81)69-58(59)68-50/h10-19,23-25,28,40-42H,7-9,20-22,26-27,29H2,1-6H3,(H12-,59,60,61,62,63,65,66,67,68,69,72,73,74,75,76,77,78,79,80,81,82,83,84,85)/p+1. The predicted octanol–water partition coefficient (Wildman–Crippen LogP) is 1.36. The SMILES string of the molecule is CN(C)c1ccc2c(c1)[Si](C)(C)C1=CC(=[N+](C)C)C=CC1=C2c1cc(C(=O)NCCCCC(NC(=O)C(CC(=O)O)NC(=O)CCC(NC(=O)c2ccc(NCc3cnc4[nH]c(N)nc(=O)c4n3)cc2)C(=O)O)C(=O)NCC(=O)O)ccc1C(=O)O. The first-order chi connectivity index (χ1) is 40.7. The largest absolute Gasteiger partial charge is 0.481 e. The molecule has 450 valence electrons. The zero-order valence-electron chi connectivity index (χ0n) is 47.9. The summed E-state index contributed by atoms with van der Waals surface area (Å²) >= 11 is 0. The number of anilines is 3. The fourth-order valence-electron chi connectivity index (χ4n) is 9.77. The Labute approximate surface area is 492 Å². The topological polar surface area (TPSA) is 411 Å². The zero-order valence-corrected chi connectivity index (χ0v) is 48.9. The monoisotopic (exact) mass is 1200 g/mol. The van der Waals surface area contributed by atoms with Crippen LogP contribution in [-0.2, 0) is 35.3 Å². The van der Waals surface area contributed by atoms with Gasteiger partial charge in [0.15, 0.2) is 16.9 Å². The van der Waals surface area contributed by atoms with Crippen LogP contribution in [0.3, 0.4) is 0 Å². The van der Waals surface area contributed by atoms with Crippen LogP contribution in [-0.4, -0.2) is 172 Å². The molecule has 0 fully saturated rings. The molecule has 0 bridgehead atoms. The lowest BCUT2D eigenvalue weighted by atomic mass is 9.86. The smallest absolute Gasteiger partial charge is 0.336 e. The summed E-state index contributed by atoms with van der Waals surface area (Å²) in [6, 6.07) is 11.4. The Kier molecular flexibility index (Phi) is 20.1. The number of nitrogens with two attached hydrogens (primary N) is 1. The van der Waals surface area contributed by atoms with Crippen LogP contribution in [0.15, 0.2) is 101 Å². The number of aliphatic carboxylic acids is 3. The number of nitrogen functional groups attached to an aromatic ring is 1. The maximum Gasteiger partial charge on any atom is 0.336 e. The number of carbonyl (C=O) groups is 9. The molecule has 2 aromatic heterocycles. The predicted molar refractivity (Wildman–Crippen MR) is 319 cm³/mol. The van der Waals surface area contributed by atoms with Gasteiger partial charge in [0.25, 0.3) is 11.8 Å². The van der Waals surface area contributed by atoms with E-state index in [9.17, 15) is 68.4 Å². The van der Waals surface area contributed by atoms with E-state index >= 15 is 0 Å². The number of aromatic amines is 1. The molecule has 28 heteroatoms. The minimum atomic E-state index is -2.41. The number of benzene rings is 3. The van der Waals surface area contributed by atoms with E-state index in [1.807, 2.05) is 62.0 Å². The molecule has 0 saturated heterocycles. The molecule has 1 aliphatic heterocycles. The van der Waals surface area contributed by atoms with Crippen molar-refractivity contribution >= 4 is 106 Å². The summed E-state index contributed by atoms with van der Waals surface area (Å²) in [4.78, 5) is 144. The molecule has 7 rings (SSSR count). The van der Waals surface area contributed by atoms with Gasteiger partial charge in [-0.25, -0.2) is 24.1 Å². The molecule has 86 heavy (non-hydrogen) atoms. The molecule has 5 amide bonds. The molecule has 3 unspecified atom stereocenters. The number of carbonyl (C=O) groups excluding carboxylic acids is 5. The second kappa shape index (κ2) is 27.3. The second-order valence-corrected chi connectivity index (χ2v) is 25.6. The van der Waals surface area contributed by atoms with E-state index < -0.39 is 111 Å². The normalized spacial score (nSPS) is 14.0. The summed E-state index contributed by atoms with van der Waals surface area (Å²) in [6.45, 7) is 3.82. The maximum absolute atomic E-state index is 13.9. The van der Waals surface area contributed by atoms with Gasteiger partial charge < -0.3 is 67.9 Å². The Hall–Kier alpha value is -10.4. The molecule has 0 spiro atoms. The van der Waals surface area contributed by atoms with E-state index in [-0.39, 0.29) is 66.2 Å². The quantitative estimate of drug-likeness (QED) is 0.0211. The van der Waals surface area contributed by atoms with Gasteiger partial charge in [0.05, 0.1) is 30.4 Å². The first-order valence-electron chi connectivity index (χ1n) is 27.1. The van der Waals surface area contributed by atoms with Gasteiger partial charge >= 0.3 is 29.4 Å². The minimum absolute atomic E-state index is 0.00961. The van der Waals surface area contributed by atoms with Crippen molar-refractivity contribution in [3.63, 3.8) is 0 Å². The summed E-state index contributed by atoms with van der Waals surface area (Å²) in [5.74, 6) is -10.2. The van der Waals surface area contributed by atoms with Gasteiger partial charge in [-0.15, -0.1) is 0 Å². The van der Waals surface area contributed by atoms with Crippen LogP contribution >= 0.6 is 0 Å². The summed E-state index contributed by atoms with van der Waals surface area (Å²) in [7, 11) is 5.39. The van der Waals surface area contributed by atoms with Crippen molar-refractivity contribution in [3.8, 4) is 0 Å². The Bertz CT molecular complexity index is 3760. The van der Waals surface area contributed by atoms with E-state index in [2.05, 4.69) is 77.1 Å². The van der Waals surface area contributed by atoms with Crippen molar-refractivity contribution in [3.05, 3.63) is 140 Å². The number of nitrogens with one attached hydrogen (secondary N) is 7. The second-order valence-electron chi connectivity index (χ2n) is 21.3. The van der Waals surface area contributed by atoms with Crippen LogP contribution in [0.25, 0.3) is 16.7 Å². The number of carboxylic acid groups (broad SMARTS) is 4. The highest BCUT2D eigenvalue weighted by molar-refractivity contribution is 6.98. The number of carboxylic acids is 4. The van der Waals surface area contributed by atoms with Gasteiger partial charge in [-0.3, -0.25) is 38.4 Å². The van der Waals surface area contributed by atoms with Crippen LogP contribution in [0.1, 0.15) is 86.4 Å². The summed E-state index contributed by atoms with van der Waals surface area (Å²) in [5.41, 5.74) is 10.8. The van der Waals surface area contributed by atoms with Crippen molar-refractivity contribution in [2.24, 2.45) is 0 Å². The Morgan fingerprint density at radius 3 is 2.14 bits per heavy atom. The zero-order chi connectivity index (χ0) is 62.7. The van der Waals surface area contributed by atoms with Gasteiger partial charge in [0.1, 0.15) is 46.8 Å². The van der Waals surface area contributed by atoms with E-state index in [0.717, 1.165) is 32.9 Å². The molecule has 3 heterocycles. The Morgan fingerprint density at radius 1 is 0.756 bits per heavy atom. The highest BCUT2D eigenvalue weighted by Gasteiger charge is 2.41. The number of hydrogen-bond donors (Lipinski definition) is 12. The van der Waals surface area contributed by atoms with Crippen molar-refractivity contribution in [1.82, 2.24) is 46.5 Å². The fraction of sp³-hybridized carbons (Fsp3) is 0.310. The van der Waals surface area contributed by atoms with Gasteiger partial charge in [0, 0.05) is 61.7 Å². The number of rotatable bonds is 26. The molecular weight excluding hydrogens is 1130 g/mol. The van der Waals surface area contributed by atoms with Gasteiger partial charge in [0.2, 0.25) is 23.7 Å². The van der Waals surface area contributed by atoms with Crippen molar-refractivity contribution in [1.29, 1.82) is 0 Å². The van der Waals surface area contributed by atoms with Crippen molar-refractivity contribution in [2.45, 2.75) is 76.3 Å². The molecule has 0 radical (unpaired) electrons. The third-order valence-electron chi connectivity index (χ3n) is 14.4. The molecule has 1 aliphatic carbocycles. The third kappa shape index (κ3) is 15.4. The number of fused-ring (bicyclic) bond motifs is 3. The van der Waals surface area contributed by atoms with Crippen LogP contribution in [0.2, 0.25) is 13.1 Å². The van der Waals surface area contributed by atoms with E-state index in [1.165, 1.54) is 42.6 Å².